The molecule has 7 nitrogen and oxygen atoms in total. The summed E-state index contributed by atoms with van der Waals surface area (Å²) >= 11 is 0. The Morgan fingerprint density at radius 2 is 1.68 bits per heavy atom. The zero-order valence-corrected chi connectivity index (χ0v) is 15.7. The quantitative estimate of drug-likeness (QED) is 0.468. The Hall–Kier alpha value is -2.57. The lowest BCUT2D eigenvalue weighted by molar-refractivity contribution is 0.0943. The summed E-state index contributed by atoms with van der Waals surface area (Å²) in [6, 6.07) is 3.25. The Labute approximate surface area is 149 Å². The van der Waals surface area contributed by atoms with Gasteiger partial charge in [-0.25, -0.2) is 4.79 Å². The van der Waals surface area contributed by atoms with Gasteiger partial charge < -0.3 is 16.4 Å². The van der Waals surface area contributed by atoms with Crippen LogP contribution < -0.4 is 21.7 Å². The van der Waals surface area contributed by atoms with E-state index in [1.54, 1.807) is 0 Å². The van der Waals surface area contributed by atoms with Crippen molar-refractivity contribution in [3.63, 3.8) is 0 Å². The second-order valence-electron chi connectivity index (χ2n) is 5.94. The van der Waals surface area contributed by atoms with E-state index in [4.69, 9.17) is 5.73 Å². The molecule has 1 aromatic carbocycles. The lowest BCUT2D eigenvalue weighted by Crippen LogP contribution is -2.40. The number of nitrogens with two attached hydrogens (primary N) is 1. The largest absolute Gasteiger partial charge is 0.370 e. The monoisotopic (exact) mass is 347 g/mol. The van der Waals surface area contributed by atoms with E-state index < -0.39 is 6.03 Å². The third kappa shape index (κ3) is 6.10. The zero-order chi connectivity index (χ0) is 19.0. The predicted molar refractivity (Wildman–Crippen MR) is 102 cm³/mol. The highest BCUT2D eigenvalue weighted by Crippen LogP contribution is 2.25. The maximum Gasteiger partial charge on any atom is 0.326 e. The van der Waals surface area contributed by atoms with Gasteiger partial charge in [0.25, 0.3) is 5.91 Å². The molecule has 0 saturated heterocycles. The van der Waals surface area contributed by atoms with Gasteiger partial charge in [-0.3, -0.25) is 15.1 Å². The molecule has 7 heteroatoms. The van der Waals surface area contributed by atoms with Crippen LogP contribution >= 0.6 is 0 Å². The third-order valence-corrected chi connectivity index (χ3v) is 3.55. The number of urea groups is 1. The van der Waals surface area contributed by atoms with Gasteiger partial charge in [-0.2, -0.15) is 0 Å². The second-order valence-corrected chi connectivity index (χ2v) is 5.94. The van der Waals surface area contributed by atoms with E-state index in [0.29, 0.717) is 30.6 Å². The number of carbonyl (C=O) groups excluding carboxylic acids is 2. The van der Waals surface area contributed by atoms with E-state index in [2.05, 4.69) is 20.9 Å². The number of nitrogens with zero attached hydrogens (tertiary/aromatic N) is 1. The topological polar surface area (TPSA) is 109 Å². The van der Waals surface area contributed by atoms with Gasteiger partial charge in [0.05, 0.1) is 0 Å². The molecule has 1 rings (SSSR count). The van der Waals surface area contributed by atoms with Crippen LogP contribution in [0.1, 0.15) is 56.1 Å². The van der Waals surface area contributed by atoms with E-state index in [0.717, 1.165) is 11.1 Å². The first-order valence-electron chi connectivity index (χ1n) is 8.66. The van der Waals surface area contributed by atoms with E-state index in [1.807, 2.05) is 46.8 Å². The second kappa shape index (κ2) is 9.66. The normalized spacial score (nSPS) is 11.4. The van der Waals surface area contributed by atoms with Crippen molar-refractivity contribution in [2.75, 3.05) is 11.9 Å². The summed E-state index contributed by atoms with van der Waals surface area (Å²) in [6.45, 7) is 10.1. The number of carbonyl (C=O) groups is 2. The van der Waals surface area contributed by atoms with Gasteiger partial charge in [0.1, 0.15) is 0 Å². The van der Waals surface area contributed by atoms with Crippen molar-refractivity contribution in [3.05, 3.63) is 28.8 Å². The summed E-state index contributed by atoms with van der Waals surface area (Å²) in [6.07, 6.45) is 1.37. The van der Waals surface area contributed by atoms with E-state index in [1.165, 1.54) is 0 Å². The fourth-order valence-corrected chi connectivity index (χ4v) is 2.43. The molecule has 0 atom stereocenters. The van der Waals surface area contributed by atoms with Gasteiger partial charge in [0.2, 0.25) is 0 Å². The van der Waals surface area contributed by atoms with Gasteiger partial charge in [-0.05, 0) is 56.9 Å². The molecular weight excluding hydrogens is 318 g/mol. The molecule has 0 unspecified atom stereocenters. The van der Waals surface area contributed by atoms with E-state index in [9.17, 15) is 9.59 Å². The molecule has 138 valence electrons. The van der Waals surface area contributed by atoms with Crippen LogP contribution in [0.5, 0.6) is 0 Å². The summed E-state index contributed by atoms with van der Waals surface area (Å²) < 4.78 is 0. The maximum absolute atomic E-state index is 12.3. The first-order chi connectivity index (χ1) is 11.8. The van der Waals surface area contributed by atoms with Gasteiger partial charge in [0, 0.05) is 23.8 Å². The summed E-state index contributed by atoms with van der Waals surface area (Å²) in [4.78, 5) is 28.4. The van der Waals surface area contributed by atoms with Crippen LogP contribution in [0.15, 0.2) is 17.1 Å². The molecular formula is C18H29N5O2. The molecule has 0 bridgehead atoms. The highest BCUT2D eigenvalue weighted by molar-refractivity contribution is 6.03. The number of hydrogen-bond donors (Lipinski definition) is 4. The predicted octanol–water partition coefficient (Wildman–Crippen LogP) is 2.41. The Kier molecular flexibility index (Phi) is 7.91. The van der Waals surface area contributed by atoms with Crippen molar-refractivity contribution < 1.29 is 9.59 Å². The van der Waals surface area contributed by atoms with Crippen molar-refractivity contribution in [2.24, 2.45) is 10.7 Å². The van der Waals surface area contributed by atoms with Crippen LogP contribution in [0.2, 0.25) is 0 Å². The van der Waals surface area contributed by atoms with Crippen LogP contribution in [-0.4, -0.2) is 30.5 Å². The first-order valence-corrected chi connectivity index (χ1v) is 8.66. The van der Waals surface area contributed by atoms with Gasteiger partial charge in [0.15, 0.2) is 5.96 Å². The molecule has 0 aliphatic rings. The van der Waals surface area contributed by atoms with E-state index >= 15 is 0 Å². The molecule has 0 saturated carbocycles. The summed E-state index contributed by atoms with van der Waals surface area (Å²) in [5.41, 5.74) is 8.72. The molecule has 0 fully saturated rings. The van der Waals surface area contributed by atoms with Gasteiger partial charge in [-0.1, -0.05) is 13.8 Å². The van der Waals surface area contributed by atoms with Crippen LogP contribution in [0, 0.1) is 0 Å². The number of amides is 3. The summed E-state index contributed by atoms with van der Waals surface area (Å²) in [5.74, 6) is -0.0428. The first kappa shape index (κ1) is 20.5. The molecule has 0 radical (unpaired) electrons. The fraction of sp³-hybridized carbons (Fsp3) is 0.500. The van der Waals surface area contributed by atoms with Crippen molar-refractivity contribution in [2.45, 2.75) is 53.5 Å². The highest BCUT2D eigenvalue weighted by Gasteiger charge is 2.16. The van der Waals surface area contributed by atoms with Gasteiger partial charge >= 0.3 is 6.03 Å². The summed E-state index contributed by atoms with van der Waals surface area (Å²) in [7, 11) is 0. The number of aryl methyl sites for hydroxylation is 2. The number of anilines is 1. The number of benzene rings is 1. The number of hydrogen-bond acceptors (Lipinski definition) is 3. The Bertz CT molecular complexity index is 628. The van der Waals surface area contributed by atoms with Crippen LogP contribution in [0.25, 0.3) is 0 Å². The fourth-order valence-electron chi connectivity index (χ4n) is 2.43. The van der Waals surface area contributed by atoms with Crippen molar-refractivity contribution >= 4 is 23.6 Å². The summed E-state index contributed by atoms with van der Waals surface area (Å²) in [5, 5.41) is 8.22. The molecule has 5 N–H and O–H groups in total. The lowest BCUT2D eigenvalue weighted by atomic mass is 9.98. The molecule has 0 aliphatic carbocycles. The van der Waals surface area contributed by atoms with Crippen molar-refractivity contribution in [1.29, 1.82) is 0 Å². The molecule has 3 amide bonds. The Morgan fingerprint density at radius 1 is 1.12 bits per heavy atom. The zero-order valence-electron chi connectivity index (χ0n) is 15.7. The lowest BCUT2D eigenvalue weighted by Gasteiger charge is -2.17. The minimum atomic E-state index is -0.446. The highest BCUT2D eigenvalue weighted by atomic mass is 16.2. The van der Waals surface area contributed by atoms with Crippen molar-refractivity contribution in [3.8, 4) is 0 Å². The smallest absolute Gasteiger partial charge is 0.326 e. The third-order valence-electron chi connectivity index (χ3n) is 3.55. The van der Waals surface area contributed by atoms with E-state index in [-0.39, 0.29) is 17.9 Å². The average Bonchev–Trinajstić information content (AvgIpc) is 2.54. The van der Waals surface area contributed by atoms with Crippen LogP contribution in [-0.2, 0) is 12.8 Å². The molecule has 25 heavy (non-hydrogen) atoms. The number of guanidine groups is 1. The number of aliphatic imine (C=N–C) groups is 1. The number of rotatable bonds is 6. The molecule has 0 heterocycles. The Balaban J connectivity index is 3.12. The van der Waals surface area contributed by atoms with Crippen LogP contribution in [0.3, 0.4) is 0 Å². The molecule has 0 aliphatic heterocycles. The minimum Gasteiger partial charge on any atom is -0.370 e. The molecule has 0 spiro atoms. The molecule has 0 aromatic heterocycles. The number of nitrogens with one attached hydrogen (secondary N) is 3. The standard InChI is InChI=1S/C18H29N5O2/c1-6-12-9-14(16(24)21-11(4)5)10-13(7-2)15(12)22-18(25)23-17(19)20-8-3/h9-11H,6-8H2,1-5H3,(H,21,24)(H4,19,20,22,23,25). The SMILES string of the molecule is CCN=C(N)NC(=O)Nc1c(CC)cc(C(=O)NC(C)C)cc1CC. The van der Waals surface area contributed by atoms with Gasteiger partial charge in [-0.15, -0.1) is 0 Å². The average molecular weight is 347 g/mol. The Morgan fingerprint density at radius 3 is 2.12 bits per heavy atom. The van der Waals surface area contributed by atoms with Crippen molar-refractivity contribution in [1.82, 2.24) is 10.6 Å². The maximum atomic E-state index is 12.3. The molecule has 1 aromatic rings. The minimum absolute atomic E-state index is 0.0621. The van der Waals surface area contributed by atoms with Crippen LogP contribution in [0.4, 0.5) is 10.5 Å².